The van der Waals surface area contributed by atoms with Crippen molar-refractivity contribution in [3.05, 3.63) is 42.6 Å². The van der Waals surface area contributed by atoms with Crippen LogP contribution >= 0.6 is 0 Å². The molecule has 0 aliphatic carbocycles. The average Bonchev–Trinajstić information content (AvgIpc) is 2.97. The minimum absolute atomic E-state index is 0.0947. The van der Waals surface area contributed by atoms with Crippen LogP contribution in [-0.2, 0) is 6.54 Å². The molecule has 0 fully saturated rings. The highest BCUT2D eigenvalue weighted by atomic mass is 16.3. The van der Waals surface area contributed by atoms with Crippen molar-refractivity contribution in [3.63, 3.8) is 0 Å². The number of furan rings is 1. The normalized spacial score (nSPS) is 14.7. The molecule has 2 rings (SSSR count). The van der Waals surface area contributed by atoms with Gasteiger partial charge in [-0.3, -0.25) is 4.68 Å². The molecule has 0 radical (unpaired) electrons. The zero-order chi connectivity index (χ0) is 12.1. The Morgan fingerprint density at radius 3 is 3.06 bits per heavy atom. The number of rotatable bonds is 6. The van der Waals surface area contributed by atoms with Crippen molar-refractivity contribution in [1.82, 2.24) is 15.1 Å². The lowest BCUT2D eigenvalue weighted by molar-refractivity contribution is 0.142. The molecule has 17 heavy (non-hydrogen) atoms. The van der Waals surface area contributed by atoms with Gasteiger partial charge in [-0.25, -0.2) is 0 Å². The summed E-state index contributed by atoms with van der Waals surface area (Å²) in [4.78, 5) is 0. The molecule has 0 spiro atoms. The van der Waals surface area contributed by atoms with E-state index in [1.165, 1.54) is 0 Å². The van der Waals surface area contributed by atoms with Crippen LogP contribution in [-0.4, -0.2) is 27.5 Å². The summed E-state index contributed by atoms with van der Waals surface area (Å²) in [5, 5.41) is 17.1. The number of nitrogens with zero attached hydrogens (tertiary/aromatic N) is 2. The molecule has 2 N–H and O–H groups in total. The van der Waals surface area contributed by atoms with Crippen molar-refractivity contribution in [3.8, 4) is 0 Å². The lowest BCUT2D eigenvalue weighted by Gasteiger charge is -2.15. The first-order valence-corrected chi connectivity index (χ1v) is 5.68. The van der Waals surface area contributed by atoms with Crippen molar-refractivity contribution in [2.75, 3.05) is 6.54 Å². The molecule has 0 amide bonds. The number of aliphatic hydroxyl groups is 1. The van der Waals surface area contributed by atoms with E-state index in [0.717, 1.165) is 5.76 Å². The predicted molar refractivity (Wildman–Crippen MR) is 63.4 cm³/mol. The van der Waals surface area contributed by atoms with Crippen LogP contribution < -0.4 is 5.32 Å². The summed E-state index contributed by atoms with van der Waals surface area (Å²) in [5.41, 5.74) is 0. The molecule has 0 aliphatic rings. The fourth-order valence-electron chi connectivity index (χ4n) is 1.64. The SMILES string of the molecule is CC(NCC(O)Cn1cccn1)c1ccco1. The van der Waals surface area contributed by atoms with Gasteiger partial charge in [-0.15, -0.1) is 0 Å². The van der Waals surface area contributed by atoms with Gasteiger partial charge in [0.2, 0.25) is 0 Å². The Bertz CT molecular complexity index is 411. The molecule has 0 aliphatic heterocycles. The molecule has 0 bridgehead atoms. The van der Waals surface area contributed by atoms with E-state index in [4.69, 9.17) is 4.42 Å². The number of aromatic nitrogens is 2. The third-order valence-corrected chi connectivity index (χ3v) is 2.59. The first-order valence-electron chi connectivity index (χ1n) is 5.68. The van der Waals surface area contributed by atoms with E-state index in [1.54, 1.807) is 17.1 Å². The fraction of sp³-hybridized carbons (Fsp3) is 0.417. The van der Waals surface area contributed by atoms with Crippen molar-refractivity contribution >= 4 is 0 Å². The van der Waals surface area contributed by atoms with Gasteiger partial charge in [0.1, 0.15) is 5.76 Å². The van der Waals surface area contributed by atoms with Gasteiger partial charge in [0.25, 0.3) is 0 Å². The minimum atomic E-state index is -0.465. The second kappa shape index (κ2) is 5.65. The van der Waals surface area contributed by atoms with Gasteiger partial charge in [-0.1, -0.05) is 0 Å². The predicted octanol–water partition coefficient (Wildman–Crippen LogP) is 1.19. The average molecular weight is 235 g/mol. The van der Waals surface area contributed by atoms with Gasteiger partial charge in [0, 0.05) is 18.9 Å². The lowest BCUT2D eigenvalue weighted by Crippen LogP contribution is -2.32. The van der Waals surface area contributed by atoms with Gasteiger partial charge in [0.15, 0.2) is 0 Å². The van der Waals surface area contributed by atoms with Crippen LogP contribution in [0.2, 0.25) is 0 Å². The highest BCUT2D eigenvalue weighted by Crippen LogP contribution is 2.11. The Morgan fingerprint density at radius 2 is 2.41 bits per heavy atom. The zero-order valence-electron chi connectivity index (χ0n) is 9.78. The van der Waals surface area contributed by atoms with Crippen LogP contribution in [0.1, 0.15) is 18.7 Å². The van der Waals surface area contributed by atoms with Crippen LogP contribution in [0.3, 0.4) is 0 Å². The maximum atomic E-state index is 9.81. The van der Waals surface area contributed by atoms with E-state index in [0.29, 0.717) is 13.1 Å². The molecular weight excluding hydrogens is 218 g/mol. The third kappa shape index (κ3) is 3.44. The lowest BCUT2D eigenvalue weighted by atomic mass is 10.2. The monoisotopic (exact) mass is 235 g/mol. The van der Waals surface area contributed by atoms with E-state index in [9.17, 15) is 5.11 Å². The van der Waals surface area contributed by atoms with Gasteiger partial charge >= 0.3 is 0 Å². The molecular formula is C12H17N3O2. The van der Waals surface area contributed by atoms with Crippen molar-refractivity contribution in [2.24, 2.45) is 0 Å². The largest absolute Gasteiger partial charge is 0.468 e. The van der Waals surface area contributed by atoms with Crippen LogP contribution in [0.25, 0.3) is 0 Å². The molecule has 5 heteroatoms. The van der Waals surface area contributed by atoms with E-state index < -0.39 is 6.10 Å². The van der Waals surface area contributed by atoms with Crippen molar-refractivity contribution in [2.45, 2.75) is 25.6 Å². The molecule has 0 saturated heterocycles. The van der Waals surface area contributed by atoms with E-state index in [1.807, 2.05) is 31.3 Å². The Kier molecular flexibility index (Phi) is 3.95. The van der Waals surface area contributed by atoms with E-state index in [2.05, 4.69) is 10.4 Å². The quantitative estimate of drug-likeness (QED) is 0.789. The Labute approximate surface area is 100 Å². The smallest absolute Gasteiger partial charge is 0.120 e. The Balaban J connectivity index is 1.74. The summed E-state index contributed by atoms with van der Waals surface area (Å²) in [7, 11) is 0. The maximum absolute atomic E-state index is 9.81. The molecule has 0 saturated carbocycles. The summed E-state index contributed by atoms with van der Waals surface area (Å²) >= 11 is 0. The van der Waals surface area contributed by atoms with Gasteiger partial charge in [0.05, 0.1) is 25.0 Å². The fourth-order valence-corrected chi connectivity index (χ4v) is 1.64. The standard InChI is InChI=1S/C12H17N3O2/c1-10(12-4-2-7-17-12)13-8-11(16)9-15-6-3-5-14-15/h2-7,10-11,13,16H,8-9H2,1H3. The van der Waals surface area contributed by atoms with Gasteiger partial charge in [-0.2, -0.15) is 5.10 Å². The molecule has 92 valence electrons. The highest BCUT2D eigenvalue weighted by molar-refractivity contribution is 5.02. The summed E-state index contributed by atoms with van der Waals surface area (Å²) in [6.45, 7) is 2.99. The first-order chi connectivity index (χ1) is 8.25. The number of aliphatic hydroxyl groups excluding tert-OH is 1. The highest BCUT2D eigenvalue weighted by Gasteiger charge is 2.10. The van der Waals surface area contributed by atoms with Gasteiger partial charge in [-0.05, 0) is 25.1 Å². The third-order valence-electron chi connectivity index (χ3n) is 2.59. The first kappa shape index (κ1) is 11.9. The van der Waals surface area contributed by atoms with E-state index in [-0.39, 0.29) is 6.04 Å². The molecule has 2 atom stereocenters. The van der Waals surface area contributed by atoms with E-state index >= 15 is 0 Å². The number of hydrogen-bond donors (Lipinski definition) is 2. The number of nitrogens with one attached hydrogen (secondary N) is 1. The van der Waals surface area contributed by atoms with Crippen LogP contribution in [0, 0.1) is 0 Å². The maximum Gasteiger partial charge on any atom is 0.120 e. The summed E-state index contributed by atoms with van der Waals surface area (Å²) in [6.07, 6.45) is 4.71. The molecule has 2 heterocycles. The van der Waals surface area contributed by atoms with Gasteiger partial charge < -0.3 is 14.8 Å². The van der Waals surface area contributed by atoms with Crippen molar-refractivity contribution in [1.29, 1.82) is 0 Å². The van der Waals surface area contributed by atoms with Crippen molar-refractivity contribution < 1.29 is 9.52 Å². The molecule has 2 aromatic rings. The van der Waals surface area contributed by atoms with Crippen LogP contribution in [0.15, 0.2) is 41.3 Å². The second-order valence-corrected chi connectivity index (χ2v) is 4.03. The molecule has 2 aromatic heterocycles. The Morgan fingerprint density at radius 1 is 1.53 bits per heavy atom. The van der Waals surface area contributed by atoms with Crippen LogP contribution in [0.4, 0.5) is 0 Å². The van der Waals surface area contributed by atoms with Crippen LogP contribution in [0.5, 0.6) is 0 Å². The minimum Gasteiger partial charge on any atom is -0.468 e. The summed E-state index contributed by atoms with van der Waals surface area (Å²) in [6, 6.07) is 5.70. The molecule has 0 aromatic carbocycles. The number of hydrogen-bond acceptors (Lipinski definition) is 4. The second-order valence-electron chi connectivity index (χ2n) is 4.03. The zero-order valence-corrected chi connectivity index (χ0v) is 9.78. The Hall–Kier alpha value is -1.59. The topological polar surface area (TPSA) is 63.2 Å². The summed E-state index contributed by atoms with van der Waals surface area (Å²) in [5.74, 6) is 0.872. The summed E-state index contributed by atoms with van der Waals surface area (Å²) < 4.78 is 6.98. The molecule has 2 unspecified atom stereocenters. The molecule has 5 nitrogen and oxygen atoms in total.